The van der Waals surface area contributed by atoms with Gasteiger partial charge >= 0.3 is 236 Å². The minimum absolute atomic E-state index is 0.0234. The Labute approximate surface area is 275 Å². The Morgan fingerprint density at radius 3 is 1.91 bits per heavy atom. The number of carbonyl (C=O) groups excluding carboxylic acids is 4. The third-order valence-electron chi connectivity index (χ3n) is 8.16. The molecule has 45 heavy (non-hydrogen) atoms. The molecule has 2 atom stereocenters. The van der Waals surface area contributed by atoms with Crippen molar-refractivity contribution in [2.45, 2.75) is 138 Å². The maximum atomic E-state index is 13.5. The van der Waals surface area contributed by atoms with Crippen molar-refractivity contribution in [1.82, 2.24) is 10.6 Å². The number of esters is 1. The third kappa shape index (κ3) is 14.0. The number of halogens is 1. The van der Waals surface area contributed by atoms with Crippen LogP contribution in [0.3, 0.4) is 0 Å². The van der Waals surface area contributed by atoms with Crippen molar-refractivity contribution in [3.8, 4) is 5.75 Å². The van der Waals surface area contributed by atoms with Crippen LogP contribution < -0.4 is 18.9 Å². The Morgan fingerprint density at radius 2 is 1.47 bits per heavy atom. The van der Waals surface area contributed by atoms with Gasteiger partial charge in [-0.3, -0.25) is 4.79 Å². The number of alkyl halides is 1. The molecule has 0 spiro atoms. The Hall–Kier alpha value is -2.17. The van der Waals surface area contributed by atoms with Gasteiger partial charge in [0.2, 0.25) is 0 Å². The van der Waals surface area contributed by atoms with Gasteiger partial charge in [-0.05, 0) is 20.8 Å². The van der Waals surface area contributed by atoms with Crippen LogP contribution in [-0.4, -0.2) is 73.4 Å². The van der Waals surface area contributed by atoms with Crippen LogP contribution in [-0.2, 0) is 30.3 Å². The summed E-state index contributed by atoms with van der Waals surface area (Å²) in [6.45, 7) is 14.0. The normalized spacial score (nSPS) is 13.2. The van der Waals surface area contributed by atoms with Gasteiger partial charge in [0.05, 0.1) is 0 Å². The van der Waals surface area contributed by atoms with E-state index in [0.29, 0.717) is 5.75 Å². The van der Waals surface area contributed by atoms with Crippen molar-refractivity contribution < 1.29 is 33.0 Å². The minimum atomic E-state index is -2.78. The Kier molecular flexibility index (Phi) is 18.3. The summed E-state index contributed by atoms with van der Waals surface area (Å²) in [5, 5.41) is 5.31. The molecule has 1 unspecified atom stereocenters. The summed E-state index contributed by atoms with van der Waals surface area (Å²) in [4.78, 5) is 51.4. The van der Waals surface area contributed by atoms with E-state index in [9.17, 15) is 23.6 Å². The van der Waals surface area contributed by atoms with E-state index in [4.69, 9.17) is 9.47 Å². The number of unbranched alkanes of at least 4 members (excludes halogenated alkanes) is 3. The standard InChI is InChI=1S/C23H32FN2O6.3C4H9.Sn/c1-14(2)21(26-19(28)11-15-9-7-8-10-18(15)31-6)22(30)25-16(17(27)13-24)12-20(29)32-23(3,4)5;3*1-3-4-2;/h8-10,14,16,21H,11-13H2,1-6H3,(H,25,30)(H,26,28);3*1,3-4H2,2H3;/t16?,21-;;;;/m0..../s1. The molecule has 0 radical (unpaired) electrons. The summed E-state index contributed by atoms with van der Waals surface area (Å²) < 4.78 is 29.6. The first-order valence-electron chi connectivity index (χ1n) is 16.7. The molecule has 0 fully saturated rings. The van der Waals surface area contributed by atoms with E-state index in [0.717, 1.165) is 24.8 Å². The van der Waals surface area contributed by atoms with Crippen LogP contribution in [0.5, 0.6) is 5.75 Å². The molecule has 10 heteroatoms. The summed E-state index contributed by atoms with van der Waals surface area (Å²) in [5.41, 5.74) is -0.0146. The summed E-state index contributed by atoms with van der Waals surface area (Å²) in [6, 6.07) is 4.01. The van der Waals surface area contributed by atoms with Gasteiger partial charge in [-0.15, -0.1) is 0 Å². The average Bonchev–Trinajstić information content (AvgIpc) is 2.97. The maximum absolute atomic E-state index is 13.5. The van der Waals surface area contributed by atoms with Crippen LogP contribution in [0.1, 0.15) is 106 Å². The molecule has 2 N–H and O–H groups in total. The second-order valence-corrected chi connectivity index (χ2v) is 26.8. The van der Waals surface area contributed by atoms with Gasteiger partial charge in [0.1, 0.15) is 5.60 Å². The number of hydrogen-bond acceptors (Lipinski definition) is 6. The molecule has 2 amide bonds. The molecule has 0 saturated heterocycles. The van der Waals surface area contributed by atoms with Crippen molar-refractivity contribution in [1.29, 1.82) is 0 Å². The molecule has 1 aromatic carbocycles. The zero-order valence-electron chi connectivity index (χ0n) is 29.3. The molecular weight excluding hydrogens is 682 g/mol. The van der Waals surface area contributed by atoms with Crippen molar-refractivity contribution in [3.63, 3.8) is 0 Å². The zero-order valence-corrected chi connectivity index (χ0v) is 32.1. The molecule has 8 nitrogen and oxygen atoms in total. The van der Waals surface area contributed by atoms with Crippen molar-refractivity contribution in [2.24, 2.45) is 5.92 Å². The van der Waals surface area contributed by atoms with Crippen LogP contribution in [0.4, 0.5) is 4.39 Å². The van der Waals surface area contributed by atoms with Crippen LogP contribution in [0.2, 0.25) is 13.3 Å². The van der Waals surface area contributed by atoms with E-state index in [1.807, 2.05) is 6.07 Å². The predicted octanol–water partition coefficient (Wildman–Crippen LogP) is 6.19. The summed E-state index contributed by atoms with van der Waals surface area (Å²) in [7, 11) is 1.59. The van der Waals surface area contributed by atoms with E-state index in [1.165, 1.54) is 36.2 Å². The van der Waals surface area contributed by atoms with Gasteiger partial charge in [-0.1, -0.05) is 0 Å². The molecule has 0 bridgehead atoms. The number of carbonyl (C=O) groups is 4. The number of ether oxygens (including phenoxy) is 2. The number of amides is 2. The number of hydrogen-bond donors (Lipinski definition) is 2. The zero-order chi connectivity index (χ0) is 34.2. The topological polar surface area (TPSA) is 111 Å². The quantitative estimate of drug-likeness (QED) is 0.115. The number of nitrogens with one attached hydrogen (secondary N) is 2. The van der Waals surface area contributed by atoms with Crippen LogP contribution in [0, 0.1) is 5.92 Å². The fraction of sp³-hybridized carbons (Fsp3) is 0.714. The molecule has 1 aromatic rings. The first kappa shape index (κ1) is 40.9. The van der Waals surface area contributed by atoms with Gasteiger partial charge in [-0.25, -0.2) is 4.39 Å². The predicted molar refractivity (Wildman–Crippen MR) is 181 cm³/mol. The van der Waals surface area contributed by atoms with Crippen LogP contribution in [0.25, 0.3) is 0 Å². The second-order valence-electron chi connectivity index (χ2n) is 13.5. The van der Waals surface area contributed by atoms with E-state index in [1.54, 1.807) is 41.7 Å². The average molecular weight is 742 g/mol. The van der Waals surface area contributed by atoms with Crippen LogP contribution in [0.15, 0.2) is 18.2 Å². The first-order valence-corrected chi connectivity index (χ1v) is 24.2. The van der Waals surface area contributed by atoms with Crippen LogP contribution >= 0.6 is 0 Å². The number of ketones is 1. The first-order chi connectivity index (χ1) is 21.2. The van der Waals surface area contributed by atoms with Gasteiger partial charge < -0.3 is 4.74 Å². The number of methoxy groups -OCH3 is 1. The molecule has 256 valence electrons. The molecule has 0 aliphatic carbocycles. The Morgan fingerprint density at radius 1 is 0.911 bits per heavy atom. The number of Topliss-reactive ketones (excluding diaryl/α,β-unsaturated/α-hetero) is 1. The van der Waals surface area contributed by atoms with E-state index in [2.05, 4.69) is 43.5 Å². The molecule has 0 saturated carbocycles. The molecule has 0 aromatic heterocycles. The fourth-order valence-corrected chi connectivity index (χ4v) is 21.7. The monoisotopic (exact) mass is 742 g/mol. The number of rotatable bonds is 21. The summed E-state index contributed by atoms with van der Waals surface area (Å²) >= 11 is -2.78. The SMILES string of the molecule is CCC[CH2][Sn]([CH2]CCC)([CH2]CCC)[c]1ccc(OC)c(CC(=O)N[C@H](C(=O)NC(CC(=O)OC(C)(C)C)C(=O)CF)C(C)C)c1. The Bertz CT molecular complexity index is 1080. The van der Waals surface area contributed by atoms with Gasteiger partial charge in [-0.2, -0.15) is 0 Å². The van der Waals surface area contributed by atoms with Crippen molar-refractivity contribution in [2.75, 3.05) is 13.8 Å². The summed E-state index contributed by atoms with van der Waals surface area (Å²) in [6.07, 6.45) is 6.67. The van der Waals surface area contributed by atoms with E-state index >= 15 is 0 Å². The molecule has 1 rings (SSSR count). The second kappa shape index (κ2) is 20.1. The fourth-order valence-electron chi connectivity index (χ4n) is 5.68. The number of benzene rings is 1. The van der Waals surface area contributed by atoms with Crippen molar-refractivity contribution >= 4 is 45.5 Å². The molecular formula is C35H59FN2O6Sn. The molecule has 0 aliphatic heterocycles. The van der Waals surface area contributed by atoms with E-state index in [-0.39, 0.29) is 18.2 Å². The molecule has 0 heterocycles. The third-order valence-corrected chi connectivity index (χ3v) is 23.8. The van der Waals surface area contributed by atoms with Gasteiger partial charge in [0.15, 0.2) is 0 Å². The molecule has 0 aliphatic rings. The van der Waals surface area contributed by atoms with Crippen molar-refractivity contribution in [3.05, 3.63) is 23.8 Å². The van der Waals surface area contributed by atoms with E-state index < -0.39 is 66.8 Å². The Balaban J connectivity index is 3.27. The summed E-state index contributed by atoms with van der Waals surface area (Å²) in [5.74, 6) is -2.41. The van der Waals surface area contributed by atoms with Gasteiger partial charge in [0, 0.05) is 0 Å². The van der Waals surface area contributed by atoms with Gasteiger partial charge in [0.25, 0.3) is 0 Å².